The molecule has 11 heavy (non-hydrogen) atoms. The molecule has 0 fully saturated rings. The average Bonchev–Trinajstić information content (AvgIpc) is 1.99. The fraction of sp³-hybridized carbons (Fsp3) is 0.778. The topological polar surface area (TPSA) is 23.5 Å². The number of hydrogen-bond donors (Lipinski definition) is 1. The first-order valence-electron chi connectivity index (χ1n) is 4.08. The molecular weight excluding hydrogens is 138 g/mol. The van der Waals surface area contributed by atoms with Crippen LogP contribution in [0, 0.1) is 0 Å². The Kier molecular flexibility index (Phi) is 5.16. The summed E-state index contributed by atoms with van der Waals surface area (Å²) in [5.41, 5.74) is 0. The van der Waals surface area contributed by atoms with Crippen molar-refractivity contribution in [3.05, 3.63) is 12.7 Å². The predicted molar refractivity (Wildman–Crippen MR) is 48.6 cm³/mol. The SMILES string of the molecule is C=CC(O)CCN(C)C(C)C. The van der Waals surface area contributed by atoms with E-state index in [4.69, 9.17) is 5.11 Å². The Hall–Kier alpha value is -0.340. The van der Waals surface area contributed by atoms with E-state index in [0.29, 0.717) is 6.04 Å². The molecule has 0 bridgehead atoms. The Labute approximate surface area is 69.5 Å². The molecule has 0 saturated carbocycles. The van der Waals surface area contributed by atoms with E-state index in [2.05, 4.69) is 32.4 Å². The van der Waals surface area contributed by atoms with Crippen LogP contribution in [0.4, 0.5) is 0 Å². The third kappa shape index (κ3) is 4.99. The molecule has 0 aromatic rings. The van der Waals surface area contributed by atoms with Gasteiger partial charge in [-0.1, -0.05) is 6.08 Å². The van der Waals surface area contributed by atoms with Gasteiger partial charge in [0.1, 0.15) is 0 Å². The highest BCUT2D eigenvalue weighted by Crippen LogP contribution is 1.98. The Morgan fingerprint density at radius 1 is 1.55 bits per heavy atom. The molecule has 0 spiro atoms. The molecule has 0 aliphatic heterocycles. The summed E-state index contributed by atoms with van der Waals surface area (Å²) in [6.07, 6.45) is 2.00. The van der Waals surface area contributed by atoms with Gasteiger partial charge in [-0.15, -0.1) is 6.58 Å². The van der Waals surface area contributed by atoms with Crippen molar-refractivity contribution >= 4 is 0 Å². The smallest absolute Gasteiger partial charge is 0.0730 e. The number of hydrogen-bond acceptors (Lipinski definition) is 2. The maximum atomic E-state index is 9.14. The quantitative estimate of drug-likeness (QED) is 0.607. The highest BCUT2D eigenvalue weighted by atomic mass is 16.3. The van der Waals surface area contributed by atoms with Gasteiger partial charge in [0.25, 0.3) is 0 Å². The lowest BCUT2D eigenvalue weighted by atomic mass is 10.2. The van der Waals surface area contributed by atoms with Crippen LogP contribution in [0.15, 0.2) is 12.7 Å². The van der Waals surface area contributed by atoms with Crippen LogP contribution in [0.1, 0.15) is 20.3 Å². The van der Waals surface area contributed by atoms with Gasteiger partial charge in [-0.3, -0.25) is 0 Å². The van der Waals surface area contributed by atoms with E-state index in [1.807, 2.05) is 0 Å². The number of rotatable bonds is 5. The summed E-state index contributed by atoms with van der Waals surface area (Å²) >= 11 is 0. The normalized spacial score (nSPS) is 14.0. The van der Waals surface area contributed by atoms with Crippen molar-refractivity contribution in [1.29, 1.82) is 0 Å². The van der Waals surface area contributed by atoms with Crippen LogP contribution >= 0.6 is 0 Å². The number of aliphatic hydroxyl groups excluding tert-OH is 1. The van der Waals surface area contributed by atoms with E-state index in [0.717, 1.165) is 13.0 Å². The van der Waals surface area contributed by atoms with Gasteiger partial charge >= 0.3 is 0 Å². The highest BCUT2D eigenvalue weighted by molar-refractivity contribution is 4.78. The molecule has 1 atom stereocenters. The van der Waals surface area contributed by atoms with E-state index in [1.54, 1.807) is 6.08 Å². The molecule has 2 nitrogen and oxygen atoms in total. The molecule has 0 saturated heterocycles. The molecule has 0 rings (SSSR count). The van der Waals surface area contributed by atoms with E-state index in [1.165, 1.54) is 0 Å². The molecule has 0 heterocycles. The second-order valence-corrected chi connectivity index (χ2v) is 3.17. The predicted octanol–water partition coefficient (Wildman–Crippen LogP) is 1.26. The molecule has 66 valence electrons. The van der Waals surface area contributed by atoms with Crippen LogP contribution in [0.2, 0.25) is 0 Å². The fourth-order valence-electron chi connectivity index (χ4n) is 0.712. The van der Waals surface area contributed by atoms with E-state index in [-0.39, 0.29) is 6.10 Å². The summed E-state index contributed by atoms with van der Waals surface area (Å²) in [6, 6.07) is 0.548. The zero-order chi connectivity index (χ0) is 8.85. The largest absolute Gasteiger partial charge is 0.389 e. The molecule has 0 aromatic carbocycles. The van der Waals surface area contributed by atoms with Crippen molar-refractivity contribution in [2.45, 2.75) is 32.4 Å². The molecular formula is C9H19NO. The lowest BCUT2D eigenvalue weighted by molar-refractivity contribution is 0.177. The van der Waals surface area contributed by atoms with Crippen LogP contribution in [-0.4, -0.2) is 35.7 Å². The molecule has 1 N–H and O–H groups in total. The number of aliphatic hydroxyl groups is 1. The average molecular weight is 157 g/mol. The Balaban J connectivity index is 3.45. The molecule has 0 amide bonds. The first-order valence-corrected chi connectivity index (χ1v) is 4.08. The van der Waals surface area contributed by atoms with Gasteiger partial charge in [0, 0.05) is 12.6 Å². The Morgan fingerprint density at radius 2 is 2.09 bits per heavy atom. The van der Waals surface area contributed by atoms with Crippen molar-refractivity contribution in [3.8, 4) is 0 Å². The van der Waals surface area contributed by atoms with Gasteiger partial charge in [-0.2, -0.15) is 0 Å². The molecule has 0 aliphatic rings. The van der Waals surface area contributed by atoms with Gasteiger partial charge in [0.2, 0.25) is 0 Å². The van der Waals surface area contributed by atoms with Crippen LogP contribution in [0.3, 0.4) is 0 Å². The third-order valence-corrected chi connectivity index (χ3v) is 1.93. The Bertz CT molecular complexity index is 112. The van der Waals surface area contributed by atoms with Gasteiger partial charge in [0.05, 0.1) is 6.10 Å². The Morgan fingerprint density at radius 3 is 2.45 bits per heavy atom. The molecule has 0 radical (unpaired) electrons. The van der Waals surface area contributed by atoms with Gasteiger partial charge in [0.15, 0.2) is 0 Å². The second kappa shape index (κ2) is 5.33. The molecule has 0 aromatic heterocycles. The van der Waals surface area contributed by atoms with Crippen molar-refractivity contribution in [2.24, 2.45) is 0 Å². The lowest BCUT2D eigenvalue weighted by Crippen LogP contribution is -2.29. The molecule has 0 aliphatic carbocycles. The first-order chi connectivity index (χ1) is 5.07. The zero-order valence-corrected chi connectivity index (χ0v) is 7.75. The van der Waals surface area contributed by atoms with Crippen LogP contribution < -0.4 is 0 Å². The fourth-order valence-corrected chi connectivity index (χ4v) is 0.712. The molecule has 2 heteroatoms. The summed E-state index contributed by atoms with van der Waals surface area (Å²) in [6.45, 7) is 8.71. The van der Waals surface area contributed by atoms with Gasteiger partial charge in [-0.05, 0) is 27.3 Å². The maximum absolute atomic E-state index is 9.14. The minimum atomic E-state index is -0.351. The lowest BCUT2D eigenvalue weighted by Gasteiger charge is -2.21. The minimum Gasteiger partial charge on any atom is -0.389 e. The van der Waals surface area contributed by atoms with Crippen LogP contribution in [0.25, 0.3) is 0 Å². The van der Waals surface area contributed by atoms with Crippen molar-refractivity contribution in [3.63, 3.8) is 0 Å². The summed E-state index contributed by atoms with van der Waals surface area (Å²) in [7, 11) is 2.06. The molecule has 1 unspecified atom stereocenters. The summed E-state index contributed by atoms with van der Waals surface area (Å²) in [5, 5.41) is 9.14. The van der Waals surface area contributed by atoms with Gasteiger partial charge in [-0.25, -0.2) is 0 Å². The van der Waals surface area contributed by atoms with E-state index in [9.17, 15) is 0 Å². The summed E-state index contributed by atoms with van der Waals surface area (Å²) in [4.78, 5) is 2.20. The minimum absolute atomic E-state index is 0.351. The first kappa shape index (κ1) is 10.7. The summed E-state index contributed by atoms with van der Waals surface area (Å²) < 4.78 is 0. The number of nitrogens with zero attached hydrogens (tertiary/aromatic N) is 1. The maximum Gasteiger partial charge on any atom is 0.0730 e. The zero-order valence-electron chi connectivity index (χ0n) is 7.75. The third-order valence-electron chi connectivity index (χ3n) is 1.93. The van der Waals surface area contributed by atoms with Crippen molar-refractivity contribution in [1.82, 2.24) is 4.90 Å². The van der Waals surface area contributed by atoms with Crippen molar-refractivity contribution < 1.29 is 5.11 Å². The monoisotopic (exact) mass is 157 g/mol. The highest BCUT2D eigenvalue weighted by Gasteiger charge is 2.04. The van der Waals surface area contributed by atoms with E-state index >= 15 is 0 Å². The van der Waals surface area contributed by atoms with E-state index < -0.39 is 0 Å². The second-order valence-electron chi connectivity index (χ2n) is 3.17. The van der Waals surface area contributed by atoms with Gasteiger partial charge < -0.3 is 10.0 Å². The van der Waals surface area contributed by atoms with Crippen molar-refractivity contribution in [2.75, 3.05) is 13.6 Å². The summed E-state index contributed by atoms with van der Waals surface area (Å²) in [5.74, 6) is 0. The standard InChI is InChI=1S/C9H19NO/c1-5-9(11)6-7-10(4)8(2)3/h5,8-9,11H,1,6-7H2,2-4H3. The van der Waals surface area contributed by atoms with Crippen LogP contribution in [0.5, 0.6) is 0 Å². The van der Waals surface area contributed by atoms with Crippen LogP contribution in [-0.2, 0) is 0 Å².